The van der Waals surface area contributed by atoms with E-state index in [1.165, 1.54) is 25.7 Å². The number of benzene rings is 3. The van der Waals surface area contributed by atoms with Gasteiger partial charge >= 0.3 is 11.9 Å². The van der Waals surface area contributed by atoms with Crippen LogP contribution in [-0.2, 0) is 9.53 Å². The Hall–Kier alpha value is -3.64. The Bertz CT molecular complexity index is 1140. The Morgan fingerprint density at radius 2 is 1.37 bits per heavy atom. The van der Waals surface area contributed by atoms with Crippen molar-refractivity contribution in [2.45, 2.75) is 85.4 Å². The summed E-state index contributed by atoms with van der Waals surface area (Å²) in [7, 11) is 0. The maximum absolute atomic E-state index is 12.0. The van der Waals surface area contributed by atoms with Gasteiger partial charge in [-0.3, -0.25) is 0 Å². The molecular formula is C35H46O6. The third kappa shape index (κ3) is 13.0. The van der Waals surface area contributed by atoms with Gasteiger partial charge in [-0.25, -0.2) is 9.59 Å². The lowest BCUT2D eigenvalue weighted by atomic mass is 10.1. The predicted molar refractivity (Wildman–Crippen MR) is 165 cm³/mol. The number of esters is 1. The number of hydrogen-bond donors (Lipinski definition) is 1. The number of carbonyl (C=O) groups excluding carboxylic acids is 1. The van der Waals surface area contributed by atoms with Gasteiger partial charge in [0.1, 0.15) is 11.5 Å². The Morgan fingerprint density at radius 3 is 1.95 bits per heavy atom. The fourth-order valence-electron chi connectivity index (χ4n) is 3.87. The maximum atomic E-state index is 12.0. The van der Waals surface area contributed by atoms with Gasteiger partial charge in [-0.1, -0.05) is 88.9 Å². The van der Waals surface area contributed by atoms with E-state index >= 15 is 0 Å². The van der Waals surface area contributed by atoms with Crippen LogP contribution in [0.2, 0.25) is 0 Å². The molecule has 0 aromatic heterocycles. The molecule has 0 heterocycles. The zero-order valence-electron chi connectivity index (χ0n) is 25.2. The molecule has 3 rings (SSSR count). The van der Waals surface area contributed by atoms with E-state index in [4.69, 9.17) is 19.3 Å². The summed E-state index contributed by atoms with van der Waals surface area (Å²) < 4.78 is 16.7. The van der Waals surface area contributed by atoms with Crippen molar-refractivity contribution in [2.24, 2.45) is 5.92 Å². The molecule has 3 aromatic rings. The van der Waals surface area contributed by atoms with Crippen molar-refractivity contribution in [3.63, 3.8) is 0 Å². The van der Waals surface area contributed by atoms with Crippen molar-refractivity contribution in [3.8, 4) is 22.6 Å². The largest absolute Gasteiger partial charge is 0.491 e. The fourth-order valence-corrected chi connectivity index (χ4v) is 3.87. The van der Waals surface area contributed by atoms with Gasteiger partial charge in [-0.15, -0.1) is 0 Å². The van der Waals surface area contributed by atoms with Crippen molar-refractivity contribution in [2.75, 3.05) is 6.61 Å². The topological polar surface area (TPSA) is 82.1 Å². The molecule has 41 heavy (non-hydrogen) atoms. The number of carboxylic acid groups (broad SMARTS) is 1. The monoisotopic (exact) mass is 562 g/mol. The van der Waals surface area contributed by atoms with Gasteiger partial charge < -0.3 is 19.3 Å². The SMILES string of the molecule is CCCCCC[C@H](C)Oc1ccc(C(=O)O)cc1.CC[C@H](C)CO[C@@H](C)C(=O)Oc1ccc(-c2ccccc2)cc1. The van der Waals surface area contributed by atoms with Crippen molar-refractivity contribution < 1.29 is 28.9 Å². The van der Waals surface area contributed by atoms with E-state index in [1.807, 2.05) is 54.6 Å². The van der Waals surface area contributed by atoms with E-state index in [9.17, 15) is 9.59 Å². The molecule has 0 unspecified atom stereocenters. The molecule has 0 aliphatic carbocycles. The van der Waals surface area contributed by atoms with Crippen LogP contribution >= 0.6 is 0 Å². The highest BCUT2D eigenvalue weighted by molar-refractivity contribution is 5.87. The summed E-state index contributed by atoms with van der Waals surface area (Å²) in [6, 6.07) is 24.2. The van der Waals surface area contributed by atoms with Crippen molar-refractivity contribution in [3.05, 3.63) is 84.4 Å². The molecule has 6 nitrogen and oxygen atoms in total. The number of aromatic carboxylic acids is 1. The van der Waals surface area contributed by atoms with Gasteiger partial charge in [-0.2, -0.15) is 0 Å². The molecular weight excluding hydrogens is 516 g/mol. The number of rotatable bonds is 15. The van der Waals surface area contributed by atoms with Crippen LogP contribution < -0.4 is 9.47 Å². The average Bonchev–Trinajstić information content (AvgIpc) is 2.99. The molecule has 0 saturated heterocycles. The number of hydrogen-bond acceptors (Lipinski definition) is 5. The van der Waals surface area contributed by atoms with Gasteiger partial charge in [0.25, 0.3) is 0 Å². The summed E-state index contributed by atoms with van der Waals surface area (Å²) in [5.41, 5.74) is 2.51. The van der Waals surface area contributed by atoms with Crippen LogP contribution in [0.1, 0.15) is 83.5 Å². The lowest BCUT2D eigenvalue weighted by molar-refractivity contribution is -0.146. The summed E-state index contributed by atoms with van der Waals surface area (Å²) in [4.78, 5) is 22.7. The minimum atomic E-state index is -0.908. The molecule has 0 fully saturated rings. The van der Waals surface area contributed by atoms with E-state index in [-0.39, 0.29) is 17.6 Å². The molecule has 3 atom stereocenters. The smallest absolute Gasteiger partial charge is 0.340 e. The molecule has 6 heteroatoms. The third-order valence-corrected chi connectivity index (χ3v) is 6.74. The van der Waals surface area contributed by atoms with Crippen LogP contribution in [0.25, 0.3) is 11.1 Å². The minimum absolute atomic E-state index is 0.178. The van der Waals surface area contributed by atoms with Gasteiger partial charge in [-0.05, 0) is 80.1 Å². The molecule has 0 aliphatic rings. The van der Waals surface area contributed by atoms with E-state index < -0.39 is 12.1 Å². The van der Waals surface area contributed by atoms with Crippen LogP contribution in [0.15, 0.2) is 78.9 Å². The van der Waals surface area contributed by atoms with Crippen molar-refractivity contribution in [1.82, 2.24) is 0 Å². The number of unbranched alkanes of at least 4 members (excludes halogenated alkanes) is 3. The summed E-state index contributed by atoms with van der Waals surface area (Å²) in [6.45, 7) is 10.7. The lowest BCUT2D eigenvalue weighted by Gasteiger charge is -2.15. The summed E-state index contributed by atoms with van der Waals surface area (Å²) in [5, 5.41) is 8.78. The second kappa shape index (κ2) is 18.7. The highest BCUT2D eigenvalue weighted by atomic mass is 16.6. The third-order valence-electron chi connectivity index (χ3n) is 6.74. The zero-order chi connectivity index (χ0) is 30.0. The van der Waals surface area contributed by atoms with Crippen LogP contribution in [0.3, 0.4) is 0 Å². The normalized spacial score (nSPS) is 12.8. The van der Waals surface area contributed by atoms with E-state index in [1.54, 1.807) is 31.2 Å². The molecule has 222 valence electrons. The van der Waals surface area contributed by atoms with Gasteiger partial charge in [0.2, 0.25) is 0 Å². The number of ether oxygens (including phenoxy) is 3. The Labute approximate surface area is 245 Å². The molecule has 0 saturated carbocycles. The molecule has 3 aromatic carbocycles. The quantitative estimate of drug-likeness (QED) is 0.113. The predicted octanol–water partition coefficient (Wildman–Crippen LogP) is 8.83. The van der Waals surface area contributed by atoms with E-state index in [2.05, 4.69) is 27.7 Å². The van der Waals surface area contributed by atoms with Crippen molar-refractivity contribution >= 4 is 11.9 Å². The fraction of sp³-hybridized carbons (Fsp3) is 0.429. The maximum Gasteiger partial charge on any atom is 0.340 e. The molecule has 0 aliphatic heterocycles. The highest BCUT2D eigenvalue weighted by Crippen LogP contribution is 2.22. The zero-order valence-corrected chi connectivity index (χ0v) is 25.2. The minimum Gasteiger partial charge on any atom is -0.491 e. The second-order valence-electron chi connectivity index (χ2n) is 10.4. The highest BCUT2D eigenvalue weighted by Gasteiger charge is 2.17. The second-order valence-corrected chi connectivity index (χ2v) is 10.4. The van der Waals surface area contributed by atoms with E-state index in [0.717, 1.165) is 29.7 Å². The first-order valence-electron chi connectivity index (χ1n) is 14.7. The standard InChI is InChI=1S/C20H24O3.C15H22O3/c1-4-15(2)14-22-16(3)20(21)23-19-12-10-18(11-13-19)17-8-6-5-7-9-17;1-3-4-5-6-7-12(2)18-14-10-8-13(9-11-14)15(16)17/h5-13,15-16H,4,14H2,1-3H3;8-12H,3-7H2,1-2H3,(H,16,17)/t15-,16-;12-/m00/s1. The number of carboxylic acids is 1. The van der Waals surface area contributed by atoms with Crippen LogP contribution in [0.5, 0.6) is 11.5 Å². The molecule has 0 radical (unpaired) electrons. The number of carbonyl (C=O) groups is 2. The molecule has 1 N–H and O–H groups in total. The molecule has 0 bridgehead atoms. The molecule has 0 amide bonds. The Kier molecular flexibility index (Phi) is 15.3. The lowest BCUT2D eigenvalue weighted by Crippen LogP contribution is -2.27. The molecule has 0 spiro atoms. The average molecular weight is 563 g/mol. The van der Waals surface area contributed by atoms with E-state index in [0.29, 0.717) is 18.3 Å². The Balaban J connectivity index is 0.000000296. The van der Waals surface area contributed by atoms with Crippen LogP contribution in [0, 0.1) is 5.92 Å². The Morgan fingerprint density at radius 1 is 0.756 bits per heavy atom. The summed E-state index contributed by atoms with van der Waals surface area (Å²) in [6.07, 6.45) is 6.65. The first-order chi connectivity index (χ1) is 19.7. The first-order valence-corrected chi connectivity index (χ1v) is 14.7. The van der Waals surface area contributed by atoms with Gasteiger partial charge in [0.15, 0.2) is 6.10 Å². The van der Waals surface area contributed by atoms with Gasteiger partial charge in [0, 0.05) is 0 Å². The van der Waals surface area contributed by atoms with Crippen LogP contribution in [0.4, 0.5) is 0 Å². The summed E-state index contributed by atoms with van der Waals surface area (Å²) in [5.74, 6) is 0.446. The van der Waals surface area contributed by atoms with Gasteiger partial charge in [0.05, 0.1) is 18.3 Å². The van der Waals surface area contributed by atoms with Crippen LogP contribution in [-0.4, -0.2) is 35.9 Å². The van der Waals surface area contributed by atoms with Crippen molar-refractivity contribution in [1.29, 1.82) is 0 Å². The first kappa shape index (κ1) is 33.6. The summed E-state index contributed by atoms with van der Waals surface area (Å²) >= 11 is 0.